The Balaban J connectivity index is 1.06. The molecule has 0 bridgehead atoms. The minimum atomic E-state index is 0.879. The smallest absolute Gasteiger partial charge is 0.137 e. The minimum Gasteiger partial charge on any atom is -0.456 e. The molecule has 0 spiro atoms. The summed E-state index contributed by atoms with van der Waals surface area (Å²) < 4.78 is 6.33. The predicted octanol–water partition coefficient (Wildman–Crippen LogP) is 13.7. The normalized spacial score (nSPS) is 12.0. The van der Waals surface area contributed by atoms with Crippen LogP contribution in [-0.2, 0) is 0 Å². The van der Waals surface area contributed by atoms with Crippen molar-refractivity contribution in [2.45, 2.75) is 9.79 Å². The predicted molar refractivity (Wildman–Crippen MR) is 206 cm³/mol. The van der Waals surface area contributed by atoms with Crippen molar-refractivity contribution >= 4 is 61.5 Å². The molecular weight excluding hydrogens is 615 g/mol. The lowest BCUT2D eigenvalue weighted by Gasteiger charge is -2.26. The summed E-state index contributed by atoms with van der Waals surface area (Å²) in [4.78, 5) is 4.94. The van der Waals surface area contributed by atoms with Gasteiger partial charge in [-0.15, -0.1) is 0 Å². The summed E-state index contributed by atoms with van der Waals surface area (Å²) in [5.41, 5.74) is 12.4. The Hall–Kier alpha value is -6.03. The molecule has 3 heteroatoms. The van der Waals surface area contributed by atoms with Crippen molar-refractivity contribution in [2.24, 2.45) is 0 Å². The molecular formula is C46H29NOS. The van der Waals surface area contributed by atoms with E-state index in [1.165, 1.54) is 53.9 Å². The Bertz CT molecular complexity index is 2670. The van der Waals surface area contributed by atoms with E-state index in [-0.39, 0.29) is 0 Å². The number of benzene rings is 8. The maximum absolute atomic E-state index is 6.33. The van der Waals surface area contributed by atoms with Gasteiger partial charge < -0.3 is 9.32 Å². The third-order valence-corrected chi connectivity index (χ3v) is 10.8. The van der Waals surface area contributed by atoms with Crippen LogP contribution in [0.4, 0.5) is 17.1 Å². The van der Waals surface area contributed by atoms with Crippen LogP contribution in [0.5, 0.6) is 0 Å². The first-order valence-electron chi connectivity index (χ1n) is 16.6. The molecule has 0 N–H and O–H groups in total. The lowest BCUT2D eigenvalue weighted by molar-refractivity contribution is 0.669. The Morgan fingerprint density at radius 2 is 1.02 bits per heavy atom. The van der Waals surface area contributed by atoms with Crippen molar-refractivity contribution in [3.63, 3.8) is 0 Å². The van der Waals surface area contributed by atoms with Gasteiger partial charge in [-0.05, 0) is 99.4 Å². The first kappa shape index (κ1) is 28.0. The van der Waals surface area contributed by atoms with Gasteiger partial charge in [0, 0.05) is 49.1 Å². The van der Waals surface area contributed by atoms with Crippen LogP contribution in [0.3, 0.4) is 0 Å². The average molecular weight is 644 g/mol. The van der Waals surface area contributed by atoms with Crippen LogP contribution in [0.2, 0.25) is 0 Å². The second-order valence-corrected chi connectivity index (χ2v) is 13.6. The van der Waals surface area contributed by atoms with Gasteiger partial charge in [0.1, 0.15) is 11.2 Å². The van der Waals surface area contributed by atoms with E-state index in [0.29, 0.717) is 0 Å². The lowest BCUT2D eigenvalue weighted by Crippen LogP contribution is -2.09. The molecule has 230 valence electrons. The molecule has 1 aliphatic rings. The lowest BCUT2D eigenvalue weighted by atomic mass is 9.94. The van der Waals surface area contributed by atoms with Gasteiger partial charge in [-0.3, -0.25) is 0 Å². The van der Waals surface area contributed by atoms with Crippen LogP contribution >= 0.6 is 11.8 Å². The highest BCUT2D eigenvalue weighted by atomic mass is 32.2. The average Bonchev–Trinajstić information content (AvgIpc) is 3.54. The molecule has 1 aromatic heterocycles. The van der Waals surface area contributed by atoms with Gasteiger partial charge in [-0.1, -0.05) is 121 Å². The number of rotatable bonds is 5. The van der Waals surface area contributed by atoms with Crippen molar-refractivity contribution in [2.75, 3.05) is 4.90 Å². The fraction of sp³-hybridized carbons (Fsp3) is 0. The molecule has 10 rings (SSSR count). The third-order valence-electron chi connectivity index (χ3n) is 9.67. The van der Waals surface area contributed by atoms with Crippen LogP contribution in [0, 0.1) is 0 Å². The summed E-state index contributed by atoms with van der Waals surface area (Å²) in [6, 6.07) is 63.2. The van der Waals surface area contributed by atoms with Crippen LogP contribution in [0.25, 0.3) is 66.1 Å². The van der Waals surface area contributed by atoms with Crippen molar-refractivity contribution in [1.29, 1.82) is 0 Å². The van der Waals surface area contributed by atoms with E-state index in [1.54, 1.807) is 0 Å². The zero-order valence-electron chi connectivity index (χ0n) is 26.5. The third kappa shape index (κ3) is 4.74. The zero-order chi connectivity index (χ0) is 32.3. The van der Waals surface area contributed by atoms with Gasteiger partial charge in [-0.2, -0.15) is 0 Å². The molecule has 49 heavy (non-hydrogen) atoms. The zero-order valence-corrected chi connectivity index (χ0v) is 27.3. The van der Waals surface area contributed by atoms with Gasteiger partial charge in [0.15, 0.2) is 0 Å². The second-order valence-electron chi connectivity index (χ2n) is 12.5. The molecule has 8 aromatic carbocycles. The van der Waals surface area contributed by atoms with Gasteiger partial charge in [0.25, 0.3) is 0 Å². The molecule has 0 aliphatic carbocycles. The molecule has 0 unspecified atom stereocenters. The van der Waals surface area contributed by atoms with E-state index in [9.17, 15) is 0 Å². The fourth-order valence-electron chi connectivity index (χ4n) is 7.28. The molecule has 0 saturated carbocycles. The quantitative estimate of drug-likeness (QED) is 0.186. The number of para-hydroxylation sites is 1. The molecule has 0 atom stereocenters. The molecule has 0 fully saturated rings. The summed E-state index contributed by atoms with van der Waals surface area (Å²) >= 11 is 1.87. The van der Waals surface area contributed by atoms with Crippen molar-refractivity contribution in [1.82, 2.24) is 0 Å². The SMILES string of the molecule is c1ccc(-c2ccc(N(c3ccc(-c4ccc5c(c4)-c4cccc6cccc(c46)S5)cc3)c3ccc4c(c3)oc3ccccc34)cc2)cc1. The van der Waals surface area contributed by atoms with E-state index >= 15 is 0 Å². The van der Waals surface area contributed by atoms with Crippen molar-refractivity contribution in [3.8, 4) is 33.4 Å². The molecule has 0 radical (unpaired) electrons. The summed E-state index contributed by atoms with van der Waals surface area (Å²) in [6.45, 7) is 0. The highest BCUT2D eigenvalue weighted by Crippen LogP contribution is 2.49. The highest BCUT2D eigenvalue weighted by Gasteiger charge is 2.20. The van der Waals surface area contributed by atoms with E-state index in [4.69, 9.17) is 4.42 Å². The fourth-order valence-corrected chi connectivity index (χ4v) is 8.41. The highest BCUT2D eigenvalue weighted by molar-refractivity contribution is 7.99. The number of furan rings is 1. The summed E-state index contributed by atoms with van der Waals surface area (Å²) in [7, 11) is 0. The Kier molecular flexibility index (Phi) is 6.46. The maximum Gasteiger partial charge on any atom is 0.137 e. The number of nitrogens with zero attached hydrogens (tertiary/aromatic N) is 1. The summed E-state index contributed by atoms with van der Waals surface area (Å²) in [5, 5.41) is 4.90. The molecule has 2 nitrogen and oxygen atoms in total. The van der Waals surface area contributed by atoms with E-state index in [0.717, 1.165) is 39.0 Å². The maximum atomic E-state index is 6.33. The molecule has 0 saturated heterocycles. The summed E-state index contributed by atoms with van der Waals surface area (Å²) in [6.07, 6.45) is 0. The molecule has 2 heterocycles. The van der Waals surface area contributed by atoms with Crippen LogP contribution in [-0.4, -0.2) is 0 Å². The van der Waals surface area contributed by atoms with E-state index in [1.807, 2.05) is 23.9 Å². The van der Waals surface area contributed by atoms with Gasteiger partial charge in [-0.25, -0.2) is 0 Å². The topological polar surface area (TPSA) is 16.4 Å². The van der Waals surface area contributed by atoms with Gasteiger partial charge in [0.05, 0.1) is 0 Å². The minimum absolute atomic E-state index is 0.879. The van der Waals surface area contributed by atoms with Gasteiger partial charge in [0.2, 0.25) is 0 Å². The van der Waals surface area contributed by atoms with Crippen molar-refractivity contribution in [3.05, 3.63) is 176 Å². The van der Waals surface area contributed by atoms with Gasteiger partial charge >= 0.3 is 0 Å². The largest absolute Gasteiger partial charge is 0.456 e. The molecule has 0 amide bonds. The summed E-state index contributed by atoms with van der Waals surface area (Å²) in [5.74, 6) is 0. The first-order valence-corrected chi connectivity index (χ1v) is 17.4. The number of hydrogen-bond acceptors (Lipinski definition) is 3. The number of anilines is 3. The van der Waals surface area contributed by atoms with E-state index in [2.05, 4.69) is 169 Å². The first-order chi connectivity index (χ1) is 24.3. The van der Waals surface area contributed by atoms with Crippen molar-refractivity contribution < 1.29 is 4.42 Å². The molecule has 9 aromatic rings. The van der Waals surface area contributed by atoms with Crippen LogP contribution in [0.1, 0.15) is 0 Å². The second kappa shape index (κ2) is 11.3. The van der Waals surface area contributed by atoms with Crippen LogP contribution in [0.15, 0.2) is 190 Å². The molecule has 1 aliphatic heterocycles. The standard InChI is InChI=1S/C46H29NOS/c1-2-8-30(9-3-1)31-16-21-35(22-17-31)47(37-25-26-39-38-12-4-5-14-42(38)48-43(39)29-37)36-23-18-32(19-24-36)34-20-27-44-41(28-34)40-13-6-10-33-11-7-15-45(49-44)46(33)40/h1-29H. The monoisotopic (exact) mass is 643 g/mol. The van der Waals surface area contributed by atoms with Crippen LogP contribution < -0.4 is 4.90 Å². The number of fused-ring (bicyclic) bond motifs is 5. The number of hydrogen-bond donors (Lipinski definition) is 0. The Morgan fingerprint density at radius 3 is 1.82 bits per heavy atom. The Labute approximate surface area is 288 Å². The Morgan fingerprint density at radius 1 is 0.388 bits per heavy atom. The van der Waals surface area contributed by atoms with E-state index < -0.39 is 0 Å².